The van der Waals surface area contributed by atoms with Crippen LogP contribution in [0.4, 0.5) is 0 Å². The Labute approximate surface area is 100 Å². The standard InChI is InChI=1S/C12H16ClNO2/c1-7-5-10(13)6-9(12(7)16)3-4-11(15)8(2)14/h5-6,8,16H,3-4,14H2,1-2H3/t8-/m0/s1. The third kappa shape index (κ3) is 3.22. The van der Waals surface area contributed by atoms with Crippen LogP contribution in [0.3, 0.4) is 0 Å². The summed E-state index contributed by atoms with van der Waals surface area (Å²) in [6.07, 6.45) is 0.790. The first-order chi connectivity index (χ1) is 7.41. The van der Waals surface area contributed by atoms with E-state index in [1.165, 1.54) is 0 Å². The maximum atomic E-state index is 11.4. The molecule has 0 unspecified atom stereocenters. The molecule has 0 amide bonds. The number of carbonyl (C=O) groups is 1. The molecule has 1 aromatic rings. The number of aryl methyl sites for hydroxylation is 2. The van der Waals surface area contributed by atoms with Crippen molar-refractivity contribution in [2.75, 3.05) is 0 Å². The third-order valence-electron chi connectivity index (χ3n) is 2.49. The van der Waals surface area contributed by atoms with Crippen molar-refractivity contribution in [2.45, 2.75) is 32.7 Å². The highest BCUT2D eigenvalue weighted by atomic mass is 35.5. The van der Waals surface area contributed by atoms with Crippen molar-refractivity contribution in [1.29, 1.82) is 0 Å². The molecule has 1 rings (SSSR count). The highest BCUT2D eigenvalue weighted by molar-refractivity contribution is 6.30. The van der Waals surface area contributed by atoms with Crippen LogP contribution >= 0.6 is 11.6 Å². The summed E-state index contributed by atoms with van der Waals surface area (Å²) in [5.41, 5.74) is 6.87. The van der Waals surface area contributed by atoms with Crippen LogP contribution in [-0.4, -0.2) is 16.9 Å². The van der Waals surface area contributed by atoms with Gasteiger partial charge in [-0.05, 0) is 43.5 Å². The van der Waals surface area contributed by atoms with Gasteiger partial charge in [-0.15, -0.1) is 0 Å². The fourth-order valence-corrected chi connectivity index (χ4v) is 1.78. The number of benzene rings is 1. The lowest BCUT2D eigenvalue weighted by Crippen LogP contribution is -2.26. The molecule has 1 aromatic carbocycles. The van der Waals surface area contributed by atoms with Gasteiger partial charge >= 0.3 is 0 Å². The maximum Gasteiger partial charge on any atom is 0.149 e. The molecule has 88 valence electrons. The van der Waals surface area contributed by atoms with Crippen molar-refractivity contribution in [1.82, 2.24) is 0 Å². The van der Waals surface area contributed by atoms with Crippen molar-refractivity contribution >= 4 is 17.4 Å². The lowest BCUT2D eigenvalue weighted by molar-refractivity contribution is -0.119. The Balaban J connectivity index is 2.78. The molecule has 3 nitrogen and oxygen atoms in total. The minimum atomic E-state index is -0.456. The summed E-state index contributed by atoms with van der Waals surface area (Å²) in [6, 6.07) is 2.91. The first-order valence-corrected chi connectivity index (χ1v) is 5.56. The van der Waals surface area contributed by atoms with Gasteiger partial charge in [0.2, 0.25) is 0 Å². The van der Waals surface area contributed by atoms with Crippen LogP contribution < -0.4 is 5.73 Å². The molecule has 0 aromatic heterocycles. The number of nitrogens with two attached hydrogens (primary N) is 1. The summed E-state index contributed by atoms with van der Waals surface area (Å²) < 4.78 is 0. The number of ketones is 1. The molecule has 0 aliphatic rings. The molecular weight excluding hydrogens is 226 g/mol. The van der Waals surface area contributed by atoms with Crippen LogP contribution in [0.5, 0.6) is 5.75 Å². The van der Waals surface area contributed by atoms with E-state index >= 15 is 0 Å². The van der Waals surface area contributed by atoms with Gasteiger partial charge < -0.3 is 10.8 Å². The van der Waals surface area contributed by atoms with Gasteiger partial charge in [-0.25, -0.2) is 0 Å². The van der Waals surface area contributed by atoms with Gasteiger partial charge in [-0.2, -0.15) is 0 Å². The molecule has 0 spiro atoms. The van der Waals surface area contributed by atoms with Crippen LogP contribution in [0.2, 0.25) is 5.02 Å². The van der Waals surface area contributed by atoms with E-state index < -0.39 is 6.04 Å². The topological polar surface area (TPSA) is 63.3 Å². The maximum absolute atomic E-state index is 11.4. The van der Waals surface area contributed by atoms with E-state index in [4.69, 9.17) is 17.3 Å². The van der Waals surface area contributed by atoms with Crippen molar-refractivity contribution in [3.8, 4) is 5.75 Å². The number of halogens is 1. The fraction of sp³-hybridized carbons (Fsp3) is 0.417. The Morgan fingerprint density at radius 1 is 1.56 bits per heavy atom. The summed E-state index contributed by atoms with van der Waals surface area (Å²) in [5.74, 6) is 0.193. The fourth-order valence-electron chi connectivity index (χ4n) is 1.48. The summed E-state index contributed by atoms with van der Waals surface area (Å²) in [6.45, 7) is 3.43. The zero-order chi connectivity index (χ0) is 12.3. The third-order valence-corrected chi connectivity index (χ3v) is 2.71. The quantitative estimate of drug-likeness (QED) is 0.850. The first kappa shape index (κ1) is 13.0. The molecule has 0 radical (unpaired) electrons. The SMILES string of the molecule is Cc1cc(Cl)cc(CCC(=O)[C@H](C)N)c1O. The highest BCUT2D eigenvalue weighted by Crippen LogP contribution is 2.27. The summed E-state index contributed by atoms with van der Waals surface area (Å²) in [5, 5.41) is 10.3. The van der Waals surface area contributed by atoms with Crippen LogP contribution in [0.15, 0.2) is 12.1 Å². The van der Waals surface area contributed by atoms with E-state index in [9.17, 15) is 9.90 Å². The lowest BCUT2D eigenvalue weighted by Gasteiger charge is -2.09. The number of carbonyl (C=O) groups excluding carboxylic acids is 1. The number of phenolic OH excluding ortho intramolecular Hbond substituents is 1. The second kappa shape index (κ2) is 5.32. The van der Waals surface area contributed by atoms with Crippen LogP contribution in [0, 0.1) is 6.92 Å². The summed E-state index contributed by atoms with van der Waals surface area (Å²) in [7, 11) is 0. The van der Waals surface area contributed by atoms with Gasteiger partial charge in [0, 0.05) is 11.4 Å². The van der Waals surface area contributed by atoms with Gasteiger partial charge in [0.15, 0.2) is 0 Å². The Hall–Kier alpha value is -1.06. The van der Waals surface area contributed by atoms with Gasteiger partial charge in [-0.3, -0.25) is 4.79 Å². The number of rotatable bonds is 4. The van der Waals surface area contributed by atoms with Crippen LogP contribution in [0.25, 0.3) is 0 Å². The molecule has 0 bridgehead atoms. The van der Waals surface area contributed by atoms with E-state index in [0.29, 0.717) is 23.4 Å². The molecule has 16 heavy (non-hydrogen) atoms. The number of hydrogen-bond acceptors (Lipinski definition) is 3. The molecule has 0 fully saturated rings. The predicted octanol–water partition coefficient (Wildman–Crippen LogP) is 2.20. The van der Waals surface area contributed by atoms with Crippen molar-refractivity contribution in [2.24, 2.45) is 5.73 Å². The molecule has 0 saturated heterocycles. The first-order valence-electron chi connectivity index (χ1n) is 5.18. The zero-order valence-electron chi connectivity index (χ0n) is 9.46. The van der Waals surface area contributed by atoms with E-state index in [2.05, 4.69) is 0 Å². The molecule has 3 N–H and O–H groups in total. The lowest BCUT2D eigenvalue weighted by atomic mass is 10.0. The molecule has 0 heterocycles. The van der Waals surface area contributed by atoms with Gasteiger partial charge in [0.05, 0.1) is 6.04 Å². The monoisotopic (exact) mass is 241 g/mol. The van der Waals surface area contributed by atoms with E-state index in [0.717, 1.165) is 5.56 Å². The molecule has 1 atom stereocenters. The van der Waals surface area contributed by atoms with E-state index in [1.54, 1.807) is 26.0 Å². The minimum absolute atomic E-state index is 0.0166. The second-order valence-corrected chi connectivity index (χ2v) is 4.42. The van der Waals surface area contributed by atoms with Crippen LogP contribution in [-0.2, 0) is 11.2 Å². The largest absolute Gasteiger partial charge is 0.507 e. The van der Waals surface area contributed by atoms with Crippen molar-refractivity contribution < 1.29 is 9.90 Å². The van der Waals surface area contributed by atoms with Crippen LogP contribution in [0.1, 0.15) is 24.5 Å². The smallest absolute Gasteiger partial charge is 0.149 e. The number of aromatic hydroxyl groups is 1. The minimum Gasteiger partial charge on any atom is -0.507 e. The van der Waals surface area contributed by atoms with Crippen molar-refractivity contribution in [3.05, 3.63) is 28.3 Å². The molecule has 0 saturated carbocycles. The summed E-state index contributed by atoms with van der Waals surface area (Å²) >= 11 is 5.88. The number of phenols is 1. The Kier molecular flexibility index (Phi) is 4.33. The van der Waals surface area contributed by atoms with Gasteiger partial charge in [0.1, 0.15) is 11.5 Å². The molecular formula is C12H16ClNO2. The van der Waals surface area contributed by atoms with Gasteiger partial charge in [0.25, 0.3) is 0 Å². The predicted molar refractivity (Wildman–Crippen MR) is 64.8 cm³/mol. The van der Waals surface area contributed by atoms with Crippen molar-refractivity contribution in [3.63, 3.8) is 0 Å². The Bertz CT molecular complexity index is 402. The average molecular weight is 242 g/mol. The number of Topliss-reactive ketones (excluding diaryl/α,β-unsaturated/α-hetero) is 1. The second-order valence-electron chi connectivity index (χ2n) is 3.99. The molecule has 4 heteroatoms. The highest BCUT2D eigenvalue weighted by Gasteiger charge is 2.11. The zero-order valence-corrected chi connectivity index (χ0v) is 10.2. The molecule has 0 aliphatic heterocycles. The molecule has 0 aliphatic carbocycles. The summed E-state index contributed by atoms with van der Waals surface area (Å²) in [4.78, 5) is 11.4. The van der Waals surface area contributed by atoms with E-state index in [-0.39, 0.29) is 11.5 Å². The Morgan fingerprint density at radius 2 is 2.19 bits per heavy atom. The number of hydrogen-bond donors (Lipinski definition) is 2. The van der Waals surface area contributed by atoms with E-state index in [1.807, 2.05) is 0 Å². The Morgan fingerprint density at radius 3 is 2.75 bits per heavy atom. The average Bonchev–Trinajstić information content (AvgIpc) is 2.20. The normalized spacial score (nSPS) is 12.5. The van der Waals surface area contributed by atoms with Gasteiger partial charge in [-0.1, -0.05) is 11.6 Å².